The zero-order chi connectivity index (χ0) is 12.8. The van der Waals surface area contributed by atoms with E-state index in [1.54, 1.807) is 11.3 Å². The van der Waals surface area contributed by atoms with Gasteiger partial charge in [-0.25, -0.2) is 0 Å². The molecule has 1 aromatic carbocycles. The lowest BCUT2D eigenvalue weighted by atomic mass is 10.1. The lowest BCUT2D eigenvalue weighted by Gasteiger charge is -2.05. The molecule has 3 aromatic rings. The van der Waals surface area contributed by atoms with E-state index in [4.69, 9.17) is 10.3 Å². The smallest absolute Gasteiger partial charge is 0.229 e. The number of nitrogens with zero attached hydrogens (tertiary/aromatic N) is 2. The number of hydrogen-bond donors (Lipinski definition) is 1. The van der Waals surface area contributed by atoms with Gasteiger partial charge in [-0.05, 0) is 35.2 Å². The van der Waals surface area contributed by atoms with Crippen LogP contribution in [0.15, 0.2) is 34.2 Å². The van der Waals surface area contributed by atoms with Crippen molar-refractivity contribution in [3.05, 3.63) is 46.9 Å². The van der Waals surface area contributed by atoms with Gasteiger partial charge in [-0.3, -0.25) is 0 Å². The molecule has 1 atom stereocenters. The predicted octanol–water partition coefficient (Wildman–Crippen LogP) is 3.21. The van der Waals surface area contributed by atoms with Gasteiger partial charge in [0, 0.05) is 10.6 Å². The molecular formula is C14H13N3OS. The molecule has 0 saturated heterocycles. The lowest BCUT2D eigenvalue weighted by Crippen LogP contribution is -2.13. The number of nitrogens with two attached hydrogens (primary N) is 1. The highest BCUT2D eigenvalue weighted by atomic mass is 32.1. The SMILES string of the molecule is NC(c1noc(C2CC2)n1)c1csc2ccccc12. The monoisotopic (exact) mass is 271 g/mol. The fourth-order valence-electron chi connectivity index (χ4n) is 2.25. The Bertz CT molecular complexity index is 729. The molecule has 0 bridgehead atoms. The Balaban J connectivity index is 1.73. The summed E-state index contributed by atoms with van der Waals surface area (Å²) in [6.45, 7) is 0. The largest absolute Gasteiger partial charge is 0.339 e. The molecule has 0 radical (unpaired) electrons. The van der Waals surface area contributed by atoms with Crippen LogP contribution in [-0.4, -0.2) is 10.1 Å². The highest BCUT2D eigenvalue weighted by Gasteiger charge is 2.30. The van der Waals surface area contributed by atoms with E-state index in [0.717, 1.165) is 24.3 Å². The van der Waals surface area contributed by atoms with Crippen molar-refractivity contribution in [1.29, 1.82) is 0 Å². The minimum Gasteiger partial charge on any atom is -0.339 e. The topological polar surface area (TPSA) is 64.9 Å². The molecule has 1 unspecified atom stereocenters. The maximum atomic E-state index is 6.28. The second-order valence-corrected chi connectivity index (χ2v) is 5.84. The first-order chi connectivity index (χ1) is 9.33. The van der Waals surface area contributed by atoms with Crippen LogP contribution in [0.1, 0.15) is 42.1 Å². The Morgan fingerprint density at radius 2 is 2.16 bits per heavy atom. The molecule has 19 heavy (non-hydrogen) atoms. The normalized spacial score (nSPS) is 16.9. The molecule has 1 fully saturated rings. The highest BCUT2D eigenvalue weighted by Crippen LogP contribution is 2.39. The summed E-state index contributed by atoms with van der Waals surface area (Å²) in [6.07, 6.45) is 2.30. The second-order valence-electron chi connectivity index (χ2n) is 4.93. The van der Waals surface area contributed by atoms with Crippen molar-refractivity contribution in [1.82, 2.24) is 10.1 Å². The summed E-state index contributed by atoms with van der Waals surface area (Å²) in [5.74, 6) is 1.79. The van der Waals surface area contributed by atoms with Gasteiger partial charge < -0.3 is 10.3 Å². The molecule has 2 N–H and O–H groups in total. The molecular weight excluding hydrogens is 258 g/mol. The van der Waals surface area contributed by atoms with Crippen molar-refractivity contribution in [3.8, 4) is 0 Å². The third kappa shape index (κ3) is 1.86. The fourth-order valence-corrected chi connectivity index (χ4v) is 3.25. The Kier molecular flexibility index (Phi) is 2.43. The van der Waals surface area contributed by atoms with Crippen LogP contribution in [0.25, 0.3) is 10.1 Å². The molecule has 0 spiro atoms. The third-order valence-corrected chi connectivity index (χ3v) is 4.49. The minimum atomic E-state index is -0.313. The number of benzene rings is 1. The van der Waals surface area contributed by atoms with Gasteiger partial charge in [-0.15, -0.1) is 11.3 Å². The van der Waals surface area contributed by atoms with Gasteiger partial charge in [-0.1, -0.05) is 23.4 Å². The average Bonchev–Trinajstić information content (AvgIpc) is 3.03. The summed E-state index contributed by atoms with van der Waals surface area (Å²) >= 11 is 1.70. The van der Waals surface area contributed by atoms with E-state index >= 15 is 0 Å². The molecule has 0 aliphatic heterocycles. The Labute approximate surface area is 114 Å². The Morgan fingerprint density at radius 3 is 3.00 bits per heavy atom. The highest BCUT2D eigenvalue weighted by molar-refractivity contribution is 7.17. The zero-order valence-corrected chi connectivity index (χ0v) is 11.1. The number of aromatic nitrogens is 2. The molecule has 5 heteroatoms. The van der Waals surface area contributed by atoms with Crippen molar-refractivity contribution in [2.24, 2.45) is 5.73 Å². The molecule has 4 nitrogen and oxygen atoms in total. The maximum absolute atomic E-state index is 6.28. The molecule has 2 aromatic heterocycles. The van der Waals surface area contributed by atoms with Crippen molar-refractivity contribution in [2.75, 3.05) is 0 Å². The molecule has 1 aliphatic rings. The van der Waals surface area contributed by atoms with Gasteiger partial charge >= 0.3 is 0 Å². The summed E-state index contributed by atoms with van der Waals surface area (Å²) < 4.78 is 6.52. The summed E-state index contributed by atoms with van der Waals surface area (Å²) in [5.41, 5.74) is 7.36. The standard InChI is InChI=1S/C14H13N3OS/c15-12(13-16-14(18-17-13)8-5-6-8)10-7-19-11-4-2-1-3-9(10)11/h1-4,7-8,12H,5-6,15H2. The van der Waals surface area contributed by atoms with Crippen LogP contribution >= 0.6 is 11.3 Å². The van der Waals surface area contributed by atoms with E-state index in [1.807, 2.05) is 12.1 Å². The summed E-state index contributed by atoms with van der Waals surface area (Å²) in [6, 6.07) is 7.93. The number of thiophene rings is 1. The summed E-state index contributed by atoms with van der Waals surface area (Å²) in [7, 11) is 0. The van der Waals surface area contributed by atoms with Crippen molar-refractivity contribution >= 4 is 21.4 Å². The number of fused-ring (bicyclic) bond motifs is 1. The Hall–Kier alpha value is -1.72. The van der Waals surface area contributed by atoms with Crippen LogP contribution < -0.4 is 5.73 Å². The molecule has 2 heterocycles. The maximum Gasteiger partial charge on any atom is 0.229 e. The number of hydrogen-bond acceptors (Lipinski definition) is 5. The first-order valence-corrected chi connectivity index (χ1v) is 7.26. The van der Waals surface area contributed by atoms with E-state index < -0.39 is 0 Å². The van der Waals surface area contributed by atoms with Crippen molar-refractivity contribution in [3.63, 3.8) is 0 Å². The third-order valence-electron chi connectivity index (χ3n) is 3.51. The van der Waals surface area contributed by atoms with E-state index in [-0.39, 0.29) is 6.04 Å². The van der Waals surface area contributed by atoms with Crippen LogP contribution in [0.3, 0.4) is 0 Å². The van der Waals surface area contributed by atoms with Crippen LogP contribution in [0.4, 0.5) is 0 Å². The zero-order valence-electron chi connectivity index (χ0n) is 10.2. The van der Waals surface area contributed by atoms with Crippen LogP contribution in [0.5, 0.6) is 0 Å². The van der Waals surface area contributed by atoms with Gasteiger partial charge in [0.05, 0.1) is 6.04 Å². The number of rotatable bonds is 3. The van der Waals surface area contributed by atoms with Gasteiger partial charge in [0.25, 0.3) is 0 Å². The van der Waals surface area contributed by atoms with Gasteiger partial charge in [-0.2, -0.15) is 4.98 Å². The first-order valence-electron chi connectivity index (χ1n) is 6.38. The van der Waals surface area contributed by atoms with E-state index in [1.165, 1.54) is 10.1 Å². The van der Waals surface area contributed by atoms with Crippen molar-refractivity contribution < 1.29 is 4.52 Å². The first kappa shape index (κ1) is 11.1. The summed E-state index contributed by atoms with van der Waals surface area (Å²) in [5, 5.41) is 7.30. The lowest BCUT2D eigenvalue weighted by molar-refractivity contribution is 0.372. The van der Waals surface area contributed by atoms with Gasteiger partial charge in [0.1, 0.15) is 0 Å². The van der Waals surface area contributed by atoms with E-state index in [9.17, 15) is 0 Å². The van der Waals surface area contributed by atoms with E-state index in [2.05, 4.69) is 27.7 Å². The van der Waals surface area contributed by atoms with E-state index in [0.29, 0.717) is 11.7 Å². The quantitative estimate of drug-likeness (QED) is 0.794. The second kappa shape index (κ2) is 4.15. The van der Waals surface area contributed by atoms with Crippen LogP contribution in [-0.2, 0) is 0 Å². The minimum absolute atomic E-state index is 0.313. The van der Waals surface area contributed by atoms with Crippen molar-refractivity contribution in [2.45, 2.75) is 24.8 Å². The molecule has 4 rings (SSSR count). The van der Waals surface area contributed by atoms with Gasteiger partial charge in [0.15, 0.2) is 5.82 Å². The summed E-state index contributed by atoms with van der Waals surface area (Å²) in [4.78, 5) is 4.44. The van der Waals surface area contributed by atoms with Gasteiger partial charge in [0.2, 0.25) is 5.89 Å². The van der Waals surface area contributed by atoms with Crippen LogP contribution in [0, 0.1) is 0 Å². The van der Waals surface area contributed by atoms with Crippen LogP contribution in [0.2, 0.25) is 0 Å². The average molecular weight is 271 g/mol. The Morgan fingerprint density at radius 1 is 1.32 bits per heavy atom. The molecule has 1 saturated carbocycles. The molecule has 1 aliphatic carbocycles. The fraction of sp³-hybridized carbons (Fsp3) is 0.286. The predicted molar refractivity (Wildman–Crippen MR) is 74.1 cm³/mol. The molecule has 96 valence electrons. The molecule has 0 amide bonds.